The molecule has 0 aliphatic rings. The van der Waals surface area contributed by atoms with E-state index < -0.39 is 5.82 Å². The van der Waals surface area contributed by atoms with E-state index >= 15 is 0 Å². The van der Waals surface area contributed by atoms with Gasteiger partial charge in [0, 0.05) is 13.3 Å². The Kier molecular flexibility index (Phi) is 2.05. The second-order valence-corrected chi connectivity index (χ2v) is 2.87. The Labute approximate surface area is 79.3 Å². The molecule has 0 bridgehead atoms. The number of ether oxygens (including phenoxy) is 1. The molecule has 0 radical (unpaired) electrons. The van der Waals surface area contributed by atoms with E-state index in [1.165, 1.54) is 17.7 Å². The highest BCUT2D eigenvalue weighted by atomic mass is 19.1. The summed E-state index contributed by atoms with van der Waals surface area (Å²) in [5.74, 6) is -0.401. The van der Waals surface area contributed by atoms with Crippen LogP contribution >= 0.6 is 0 Å². The molecule has 0 fully saturated rings. The fourth-order valence-electron chi connectivity index (χ4n) is 1.26. The van der Waals surface area contributed by atoms with Crippen molar-refractivity contribution >= 4 is 11.6 Å². The van der Waals surface area contributed by atoms with Gasteiger partial charge in [-0.2, -0.15) is 4.98 Å². The summed E-state index contributed by atoms with van der Waals surface area (Å²) < 4.78 is 19.5. The molecule has 6 heteroatoms. The van der Waals surface area contributed by atoms with Crippen molar-refractivity contribution in [1.29, 1.82) is 0 Å². The molecule has 0 saturated heterocycles. The maximum atomic E-state index is 13.3. The molecule has 2 aromatic heterocycles. The molecule has 0 aromatic carbocycles. The summed E-state index contributed by atoms with van der Waals surface area (Å²) >= 11 is 0. The van der Waals surface area contributed by atoms with Gasteiger partial charge in [0.05, 0.1) is 6.61 Å². The number of nitrogen functional groups attached to an aromatic ring is 1. The van der Waals surface area contributed by atoms with Gasteiger partial charge in [0.25, 0.3) is 0 Å². The summed E-state index contributed by atoms with van der Waals surface area (Å²) in [4.78, 5) is 3.73. The number of methoxy groups -OCH3 is 1. The summed E-state index contributed by atoms with van der Waals surface area (Å²) in [7, 11) is 1.54. The van der Waals surface area contributed by atoms with Gasteiger partial charge < -0.3 is 10.5 Å². The normalized spacial score (nSPS) is 11.0. The summed E-state index contributed by atoms with van der Waals surface area (Å²) in [6.45, 7) is 0.326. The zero-order chi connectivity index (χ0) is 10.1. The molecule has 2 N–H and O–H groups in total. The molecule has 0 spiro atoms. The van der Waals surface area contributed by atoms with Crippen LogP contribution in [-0.4, -0.2) is 21.7 Å². The van der Waals surface area contributed by atoms with Crippen LogP contribution in [0.25, 0.3) is 5.65 Å². The number of rotatable bonds is 2. The van der Waals surface area contributed by atoms with Gasteiger partial charge in [0.1, 0.15) is 0 Å². The lowest BCUT2D eigenvalue weighted by Crippen LogP contribution is -1.96. The Morgan fingerprint density at radius 3 is 3.14 bits per heavy atom. The fourth-order valence-corrected chi connectivity index (χ4v) is 1.26. The zero-order valence-electron chi connectivity index (χ0n) is 7.57. The van der Waals surface area contributed by atoms with E-state index in [1.54, 1.807) is 6.20 Å². The number of hydrogen-bond donors (Lipinski definition) is 1. The molecule has 0 aliphatic heterocycles. The molecule has 0 aliphatic carbocycles. The van der Waals surface area contributed by atoms with Crippen LogP contribution in [0.2, 0.25) is 0 Å². The van der Waals surface area contributed by atoms with Crippen molar-refractivity contribution in [3.8, 4) is 0 Å². The Morgan fingerprint density at radius 2 is 2.43 bits per heavy atom. The number of halogens is 1. The summed E-state index contributed by atoms with van der Waals surface area (Å²) in [6, 6.07) is 1.35. The van der Waals surface area contributed by atoms with Gasteiger partial charge in [-0.05, 0) is 11.6 Å². The summed E-state index contributed by atoms with van der Waals surface area (Å²) in [6.07, 6.45) is 1.63. The minimum Gasteiger partial charge on any atom is -0.380 e. The van der Waals surface area contributed by atoms with Gasteiger partial charge in [-0.3, -0.25) is 0 Å². The van der Waals surface area contributed by atoms with Crippen molar-refractivity contribution in [2.24, 2.45) is 0 Å². The molecule has 74 valence electrons. The van der Waals surface area contributed by atoms with Crippen molar-refractivity contribution in [3.63, 3.8) is 0 Å². The minimum absolute atomic E-state index is 0.0541. The first-order valence-corrected chi connectivity index (χ1v) is 4.00. The molecular formula is C8H9FN4O. The molecule has 2 aromatic rings. The maximum Gasteiger partial charge on any atom is 0.240 e. The third kappa shape index (κ3) is 1.39. The van der Waals surface area contributed by atoms with Crippen molar-refractivity contribution in [2.45, 2.75) is 6.61 Å². The van der Waals surface area contributed by atoms with Crippen molar-refractivity contribution in [3.05, 3.63) is 23.6 Å². The van der Waals surface area contributed by atoms with Crippen LogP contribution in [0.4, 0.5) is 10.3 Å². The number of anilines is 1. The average molecular weight is 196 g/mol. The second-order valence-electron chi connectivity index (χ2n) is 2.87. The monoisotopic (exact) mass is 196 g/mol. The molecule has 0 atom stereocenters. The molecule has 2 heterocycles. The highest BCUT2D eigenvalue weighted by molar-refractivity contribution is 5.44. The summed E-state index contributed by atoms with van der Waals surface area (Å²) in [5, 5.41) is 3.80. The lowest BCUT2D eigenvalue weighted by Gasteiger charge is -2.00. The third-order valence-electron chi connectivity index (χ3n) is 1.77. The molecule has 14 heavy (non-hydrogen) atoms. The molecule has 0 saturated carbocycles. The number of hydrogen-bond acceptors (Lipinski definition) is 4. The van der Waals surface area contributed by atoms with Crippen LogP contribution < -0.4 is 5.73 Å². The Hall–Kier alpha value is -1.69. The highest BCUT2D eigenvalue weighted by Gasteiger charge is 2.07. The number of fused-ring (bicyclic) bond motifs is 1. The highest BCUT2D eigenvalue weighted by Crippen LogP contribution is 2.11. The first-order valence-electron chi connectivity index (χ1n) is 4.00. The first-order chi connectivity index (χ1) is 6.70. The predicted molar refractivity (Wildman–Crippen MR) is 48.1 cm³/mol. The number of nitrogens with zero attached hydrogens (tertiary/aromatic N) is 3. The Morgan fingerprint density at radius 1 is 1.64 bits per heavy atom. The molecule has 0 amide bonds. The first kappa shape index (κ1) is 8.89. The van der Waals surface area contributed by atoms with E-state index in [4.69, 9.17) is 10.5 Å². The number of nitrogens with two attached hydrogens (primary N) is 1. The molecule has 2 rings (SSSR count). The average Bonchev–Trinajstić information content (AvgIpc) is 2.47. The van der Waals surface area contributed by atoms with E-state index in [-0.39, 0.29) is 11.6 Å². The lowest BCUT2D eigenvalue weighted by molar-refractivity contribution is 0.184. The zero-order valence-corrected chi connectivity index (χ0v) is 7.57. The smallest absolute Gasteiger partial charge is 0.240 e. The SMILES string of the molecule is COCc1cc(F)c2nc(N)nn2c1. The number of aromatic nitrogens is 3. The van der Waals surface area contributed by atoms with E-state index in [1.807, 2.05) is 0 Å². The maximum absolute atomic E-state index is 13.3. The summed E-state index contributed by atoms with van der Waals surface area (Å²) in [5.41, 5.74) is 6.15. The van der Waals surface area contributed by atoms with Gasteiger partial charge in [0.2, 0.25) is 5.95 Å². The van der Waals surface area contributed by atoms with Gasteiger partial charge in [-0.25, -0.2) is 8.91 Å². The van der Waals surface area contributed by atoms with E-state index in [0.717, 1.165) is 0 Å². The lowest BCUT2D eigenvalue weighted by atomic mass is 10.3. The Bertz CT molecular complexity index is 468. The van der Waals surface area contributed by atoms with Gasteiger partial charge >= 0.3 is 0 Å². The second kappa shape index (κ2) is 3.22. The van der Waals surface area contributed by atoms with Crippen LogP contribution in [0.5, 0.6) is 0 Å². The van der Waals surface area contributed by atoms with Gasteiger partial charge in [-0.15, -0.1) is 5.10 Å². The van der Waals surface area contributed by atoms with Crippen LogP contribution in [0, 0.1) is 5.82 Å². The Balaban J connectivity index is 2.59. The fraction of sp³-hybridized carbons (Fsp3) is 0.250. The van der Waals surface area contributed by atoms with Crippen molar-refractivity contribution in [2.75, 3.05) is 12.8 Å². The van der Waals surface area contributed by atoms with Crippen LogP contribution in [0.15, 0.2) is 12.3 Å². The largest absolute Gasteiger partial charge is 0.380 e. The minimum atomic E-state index is -0.455. The van der Waals surface area contributed by atoms with Crippen LogP contribution in [-0.2, 0) is 11.3 Å². The van der Waals surface area contributed by atoms with E-state index in [9.17, 15) is 4.39 Å². The predicted octanol–water partition coefficient (Wildman–Crippen LogP) is 0.597. The molecular weight excluding hydrogens is 187 g/mol. The number of pyridine rings is 1. The van der Waals surface area contributed by atoms with Gasteiger partial charge in [-0.1, -0.05) is 0 Å². The molecule has 0 unspecified atom stereocenters. The standard InChI is InChI=1S/C8H9FN4O/c1-14-4-5-2-6(9)7-11-8(10)12-13(7)3-5/h2-3H,4H2,1H3,(H2,10,12). The van der Waals surface area contributed by atoms with Crippen LogP contribution in [0.1, 0.15) is 5.56 Å². The molecule has 5 nitrogen and oxygen atoms in total. The van der Waals surface area contributed by atoms with E-state index in [0.29, 0.717) is 12.2 Å². The topological polar surface area (TPSA) is 65.4 Å². The van der Waals surface area contributed by atoms with Crippen LogP contribution in [0.3, 0.4) is 0 Å². The van der Waals surface area contributed by atoms with Crippen molar-refractivity contribution in [1.82, 2.24) is 14.6 Å². The third-order valence-corrected chi connectivity index (χ3v) is 1.77. The van der Waals surface area contributed by atoms with Gasteiger partial charge in [0.15, 0.2) is 11.5 Å². The van der Waals surface area contributed by atoms with E-state index in [2.05, 4.69) is 10.1 Å². The quantitative estimate of drug-likeness (QED) is 0.763. The van der Waals surface area contributed by atoms with Crippen molar-refractivity contribution < 1.29 is 9.13 Å².